The first-order chi connectivity index (χ1) is 6.45. The first kappa shape index (κ1) is 7.15. The molecule has 1 aromatic carbocycles. The highest BCUT2D eigenvalue weighted by atomic mass is 15.0. The summed E-state index contributed by atoms with van der Waals surface area (Å²) in [4.78, 5) is 0. The van der Waals surface area contributed by atoms with Crippen molar-refractivity contribution in [2.24, 2.45) is 0 Å². The highest BCUT2D eigenvalue weighted by Crippen LogP contribution is 2.20. The number of para-hydroxylation sites is 1. The van der Waals surface area contributed by atoms with E-state index in [-0.39, 0.29) is 0 Å². The molecule has 0 saturated heterocycles. The van der Waals surface area contributed by atoms with E-state index in [9.17, 15) is 0 Å². The number of rotatable bonds is 0. The quantitative estimate of drug-likeness (QED) is 0.636. The van der Waals surface area contributed by atoms with Crippen LogP contribution in [0.1, 0.15) is 5.56 Å². The Balaban J connectivity index is 2.40. The van der Waals surface area contributed by atoms with E-state index in [0.717, 1.165) is 19.6 Å². The molecule has 0 amide bonds. The summed E-state index contributed by atoms with van der Waals surface area (Å²) in [5, 5.41) is 4.64. The third-order valence-electron chi connectivity index (χ3n) is 2.63. The van der Waals surface area contributed by atoms with Crippen molar-refractivity contribution in [3.63, 3.8) is 0 Å². The standard InChI is InChI=1S/C11H11N2/c1-2-9-4-6-13-7-5-12-8-10(3-1)11(9)13/h1-3,6,12H,5,7-8H2. The number of nitrogens with zero attached hydrogens (tertiary/aromatic N) is 1. The molecule has 0 saturated carbocycles. The van der Waals surface area contributed by atoms with Gasteiger partial charge in [0.15, 0.2) is 0 Å². The molecule has 1 aromatic heterocycles. The molecule has 1 aliphatic heterocycles. The summed E-state index contributed by atoms with van der Waals surface area (Å²) >= 11 is 0. The zero-order valence-electron chi connectivity index (χ0n) is 7.38. The van der Waals surface area contributed by atoms with E-state index in [1.54, 1.807) is 0 Å². The Kier molecular flexibility index (Phi) is 1.43. The molecule has 0 fully saturated rings. The minimum atomic E-state index is 0.981. The van der Waals surface area contributed by atoms with Crippen molar-refractivity contribution in [1.82, 2.24) is 9.88 Å². The van der Waals surface area contributed by atoms with E-state index in [2.05, 4.69) is 40.3 Å². The van der Waals surface area contributed by atoms with E-state index in [1.165, 1.54) is 16.5 Å². The molecule has 65 valence electrons. The van der Waals surface area contributed by atoms with Crippen LogP contribution >= 0.6 is 0 Å². The SMILES string of the molecule is [c]1cn2c3c(cccc13)CNCC2. The summed E-state index contributed by atoms with van der Waals surface area (Å²) in [6, 6.07) is 9.70. The molecule has 0 atom stereocenters. The van der Waals surface area contributed by atoms with E-state index >= 15 is 0 Å². The minimum absolute atomic E-state index is 0.981. The van der Waals surface area contributed by atoms with Crippen molar-refractivity contribution in [1.29, 1.82) is 0 Å². The first-order valence-electron chi connectivity index (χ1n) is 4.64. The van der Waals surface area contributed by atoms with E-state index in [0.29, 0.717) is 0 Å². The van der Waals surface area contributed by atoms with E-state index in [1.807, 2.05) is 0 Å². The lowest BCUT2D eigenvalue weighted by atomic mass is 10.1. The Morgan fingerprint density at radius 1 is 1.38 bits per heavy atom. The van der Waals surface area contributed by atoms with Gasteiger partial charge in [0.2, 0.25) is 0 Å². The average Bonchev–Trinajstić information content (AvgIpc) is 2.44. The largest absolute Gasteiger partial charge is 0.345 e. The monoisotopic (exact) mass is 171 g/mol. The number of aromatic nitrogens is 1. The topological polar surface area (TPSA) is 17.0 Å². The lowest BCUT2D eigenvalue weighted by Crippen LogP contribution is -2.15. The molecule has 0 aliphatic carbocycles. The van der Waals surface area contributed by atoms with Gasteiger partial charge in [-0.05, 0) is 5.56 Å². The normalized spacial score (nSPS) is 16.0. The second kappa shape index (κ2) is 2.60. The summed E-state index contributed by atoms with van der Waals surface area (Å²) in [6.45, 7) is 3.08. The lowest BCUT2D eigenvalue weighted by molar-refractivity contribution is 0.632. The fraction of sp³-hybridized carbons (Fsp3) is 0.273. The van der Waals surface area contributed by atoms with Crippen LogP contribution in [0.2, 0.25) is 0 Å². The van der Waals surface area contributed by atoms with Crippen LogP contribution < -0.4 is 5.32 Å². The van der Waals surface area contributed by atoms with E-state index < -0.39 is 0 Å². The molecule has 2 nitrogen and oxygen atoms in total. The molecule has 1 radical (unpaired) electrons. The van der Waals surface area contributed by atoms with Gasteiger partial charge in [-0.1, -0.05) is 18.2 Å². The molecule has 1 N–H and O–H groups in total. The molecule has 3 rings (SSSR count). The summed E-state index contributed by atoms with van der Waals surface area (Å²) in [7, 11) is 0. The van der Waals surface area contributed by atoms with Crippen molar-refractivity contribution in [2.45, 2.75) is 13.1 Å². The zero-order valence-corrected chi connectivity index (χ0v) is 7.38. The van der Waals surface area contributed by atoms with Gasteiger partial charge >= 0.3 is 0 Å². The second-order valence-electron chi connectivity index (χ2n) is 3.46. The highest BCUT2D eigenvalue weighted by Gasteiger charge is 2.09. The fourth-order valence-corrected chi connectivity index (χ4v) is 2.00. The van der Waals surface area contributed by atoms with Crippen LogP contribution in [-0.2, 0) is 13.1 Å². The summed E-state index contributed by atoms with van der Waals surface area (Å²) < 4.78 is 2.28. The number of benzene rings is 1. The van der Waals surface area contributed by atoms with Crippen molar-refractivity contribution < 1.29 is 0 Å². The van der Waals surface area contributed by atoms with Crippen molar-refractivity contribution in [3.05, 3.63) is 36.0 Å². The predicted octanol–water partition coefficient (Wildman–Crippen LogP) is 1.54. The molecular weight excluding hydrogens is 160 g/mol. The molecule has 0 unspecified atom stereocenters. The number of hydrogen-bond acceptors (Lipinski definition) is 1. The molecule has 0 bridgehead atoms. The van der Waals surface area contributed by atoms with Gasteiger partial charge in [0.25, 0.3) is 0 Å². The molecular formula is C11H11N2. The molecule has 2 heterocycles. The van der Waals surface area contributed by atoms with Gasteiger partial charge in [-0.15, -0.1) is 0 Å². The van der Waals surface area contributed by atoms with Crippen LogP contribution in [-0.4, -0.2) is 11.1 Å². The van der Waals surface area contributed by atoms with Gasteiger partial charge in [0.05, 0.1) is 5.52 Å². The molecule has 0 spiro atoms. The van der Waals surface area contributed by atoms with Crippen LogP contribution in [0.5, 0.6) is 0 Å². The summed E-state index contributed by atoms with van der Waals surface area (Å²) in [6.07, 6.45) is 2.06. The maximum Gasteiger partial charge on any atom is 0.0532 e. The summed E-state index contributed by atoms with van der Waals surface area (Å²) in [5.74, 6) is 0. The first-order valence-corrected chi connectivity index (χ1v) is 4.64. The molecule has 1 aliphatic rings. The fourth-order valence-electron chi connectivity index (χ4n) is 2.00. The second-order valence-corrected chi connectivity index (χ2v) is 3.46. The van der Waals surface area contributed by atoms with Crippen molar-refractivity contribution >= 4 is 10.9 Å². The van der Waals surface area contributed by atoms with Crippen LogP contribution in [0.15, 0.2) is 24.4 Å². The van der Waals surface area contributed by atoms with Crippen molar-refractivity contribution in [3.8, 4) is 0 Å². The van der Waals surface area contributed by atoms with Gasteiger partial charge in [0, 0.05) is 37.3 Å². The Morgan fingerprint density at radius 3 is 3.38 bits per heavy atom. The van der Waals surface area contributed by atoms with Crippen LogP contribution in [0.3, 0.4) is 0 Å². The lowest BCUT2D eigenvalue weighted by Gasteiger charge is -2.02. The predicted molar refractivity (Wildman–Crippen MR) is 52.5 cm³/mol. The van der Waals surface area contributed by atoms with Gasteiger partial charge < -0.3 is 9.88 Å². The average molecular weight is 171 g/mol. The molecule has 13 heavy (non-hydrogen) atoms. The maximum atomic E-state index is 3.41. The van der Waals surface area contributed by atoms with E-state index in [4.69, 9.17) is 0 Å². The Bertz CT molecular complexity index is 442. The van der Waals surface area contributed by atoms with Gasteiger partial charge in [-0.3, -0.25) is 0 Å². The van der Waals surface area contributed by atoms with Gasteiger partial charge in [-0.25, -0.2) is 0 Å². The third-order valence-corrected chi connectivity index (χ3v) is 2.63. The Hall–Kier alpha value is -1.28. The van der Waals surface area contributed by atoms with Crippen LogP contribution in [0, 0.1) is 6.07 Å². The number of hydrogen-bond donors (Lipinski definition) is 1. The van der Waals surface area contributed by atoms with Crippen LogP contribution in [0.4, 0.5) is 0 Å². The Morgan fingerprint density at radius 2 is 2.38 bits per heavy atom. The summed E-state index contributed by atoms with van der Waals surface area (Å²) in [5.41, 5.74) is 2.74. The molecule has 2 aromatic rings. The maximum absolute atomic E-state index is 3.41. The Labute approximate surface area is 77.2 Å². The van der Waals surface area contributed by atoms with Crippen molar-refractivity contribution in [2.75, 3.05) is 6.54 Å². The molecule has 2 heteroatoms. The zero-order chi connectivity index (χ0) is 8.67. The third kappa shape index (κ3) is 0.988. The smallest absolute Gasteiger partial charge is 0.0532 e. The van der Waals surface area contributed by atoms with Gasteiger partial charge in [-0.2, -0.15) is 0 Å². The minimum Gasteiger partial charge on any atom is -0.345 e. The number of nitrogens with one attached hydrogen (secondary N) is 1. The highest BCUT2D eigenvalue weighted by molar-refractivity contribution is 5.82. The van der Waals surface area contributed by atoms with Gasteiger partial charge in [0.1, 0.15) is 0 Å². The van der Waals surface area contributed by atoms with Crippen LogP contribution in [0.25, 0.3) is 10.9 Å².